The van der Waals surface area contributed by atoms with Crippen LogP contribution in [-0.2, 0) is 14.4 Å². The van der Waals surface area contributed by atoms with E-state index in [1.807, 2.05) is 20.8 Å². The minimum atomic E-state index is -0.564. The predicted molar refractivity (Wildman–Crippen MR) is 99.8 cm³/mol. The first-order valence-electron chi connectivity index (χ1n) is 9.14. The highest BCUT2D eigenvalue weighted by Gasteiger charge is 2.64. The number of likely N-dealkylation sites (tertiary alicyclic amines) is 1. The number of phenols is 1. The normalized spacial score (nSPS) is 26.6. The average molecular weight is 371 g/mol. The minimum Gasteiger partial charge on any atom is -0.507 e. The van der Waals surface area contributed by atoms with Crippen molar-refractivity contribution in [3.05, 3.63) is 29.8 Å². The molecule has 2 aliphatic rings. The number of phenolic OH excluding ortho intramolecular Hbond substituents is 1. The maximum Gasteiger partial charge on any atom is 0.241 e. The Labute approximate surface area is 158 Å². The maximum absolute atomic E-state index is 12.9. The average Bonchev–Trinajstić information content (AvgIpc) is 2.80. The Morgan fingerprint density at radius 1 is 1.33 bits per heavy atom. The second kappa shape index (κ2) is 6.79. The Bertz CT molecular complexity index is 817. The molecule has 27 heavy (non-hydrogen) atoms. The summed E-state index contributed by atoms with van der Waals surface area (Å²) in [5, 5.41) is 13.5. The van der Waals surface area contributed by atoms with Crippen molar-refractivity contribution in [2.24, 2.45) is 21.8 Å². The lowest BCUT2D eigenvalue weighted by molar-refractivity contribution is -0.167. The van der Waals surface area contributed by atoms with Crippen molar-refractivity contribution >= 4 is 23.9 Å². The fraction of sp³-hybridized carbons (Fsp3) is 0.500. The zero-order valence-electron chi connectivity index (χ0n) is 15.9. The van der Waals surface area contributed by atoms with Crippen LogP contribution in [0.3, 0.4) is 0 Å². The molecule has 7 nitrogen and oxygen atoms in total. The number of hydrogen-bond donors (Lipinski definition) is 2. The number of hydrogen-bond acceptors (Lipinski definition) is 5. The van der Waals surface area contributed by atoms with E-state index in [1.165, 1.54) is 17.2 Å². The van der Waals surface area contributed by atoms with Gasteiger partial charge in [0, 0.05) is 24.4 Å². The number of hydrazone groups is 1. The van der Waals surface area contributed by atoms with Crippen molar-refractivity contribution in [1.82, 2.24) is 10.3 Å². The van der Waals surface area contributed by atoms with E-state index in [4.69, 9.17) is 0 Å². The van der Waals surface area contributed by atoms with E-state index in [2.05, 4.69) is 10.5 Å². The monoisotopic (exact) mass is 371 g/mol. The molecule has 1 aromatic carbocycles. The van der Waals surface area contributed by atoms with Crippen LogP contribution in [-0.4, -0.2) is 40.5 Å². The van der Waals surface area contributed by atoms with Crippen molar-refractivity contribution in [2.75, 3.05) is 6.54 Å². The number of aromatic hydroxyl groups is 1. The summed E-state index contributed by atoms with van der Waals surface area (Å²) in [6.07, 6.45) is 2.73. The zero-order chi connectivity index (χ0) is 19.8. The smallest absolute Gasteiger partial charge is 0.241 e. The van der Waals surface area contributed by atoms with Crippen LogP contribution >= 0.6 is 0 Å². The largest absolute Gasteiger partial charge is 0.507 e. The molecule has 1 aliphatic heterocycles. The van der Waals surface area contributed by atoms with Gasteiger partial charge in [-0.1, -0.05) is 32.9 Å². The van der Waals surface area contributed by atoms with Gasteiger partial charge in [-0.3, -0.25) is 19.3 Å². The molecule has 1 saturated heterocycles. The SMILES string of the molecule is CC1(C)[C@H]2CC[C@]1(C)C(=O)N(CCC(=O)N/N=C\c1ccccc1O)C2=O. The van der Waals surface area contributed by atoms with Gasteiger partial charge in [-0.05, 0) is 30.4 Å². The van der Waals surface area contributed by atoms with Crippen LogP contribution in [0.5, 0.6) is 5.75 Å². The molecule has 1 saturated carbocycles. The zero-order valence-corrected chi connectivity index (χ0v) is 15.9. The molecule has 1 aromatic rings. The summed E-state index contributed by atoms with van der Waals surface area (Å²) in [6, 6.07) is 6.61. The number of nitrogens with one attached hydrogen (secondary N) is 1. The number of nitrogens with zero attached hydrogens (tertiary/aromatic N) is 2. The number of para-hydroxylation sites is 1. The van der Waals surface area contributed by atoms with Crippen molar-refractivity contribution < 1.29 is 19.5 Å². The number of piperidine rings is 1. The molecule has 0 unspecified atom stereocenters. The third-order valence-electron chi connectivity index (χ3n) is 6.40. The Morgan fingerprint density at radius 3 is 2.74 bits per heavy atom. The molecule has 0 aromatic heterocycles. The first-order valence-corrected chi connectivity index (χ1v) is 9.14. The summed E-state index contributed by atoms with van der Waals surface area (Å²) in [4.78, 5) is 38.9. The number of rotatable bonds is 5. The van der Waals surface area contributed by atoms with Crippen molar-refractivity contribution in [3.8, 4) is 5.75 Å². The fourth-order valence-corrected chi connectivity index (χ4v) is 4.15. The Balaban J connectivity index is 1.59. The van der Waals surface area contributed by atoms with Gasteiger partial charge < -0.3 is 5.11 Å². The Kier molecular flexibility index (Phi) is 4.80. The minimum absolute atomic E-state index is 0.0151. The molecule has 2 bridgehead atoms. The quantitative estimate of drug-likeness (QED) is 0.470. The molecule has 0 spiro atoms. The second-order valence-electron chi connectivity index (χ2n) is 8.04. The van der Waals surface area contributed by atoms with Gasteiger partial charge in [-0.15, -0.1) is 0 Å². The van der Waals surface area contributed by atoms with Gasteiger partial charge in [0.05, 0.1) is 11.6 Å². The van der Waals surface area contributed by atoms with E-state index in [-0.39, 0.29) is 41.9 Å². The van der Waals surface area contributed by atoms with E-state index >= 15 is 0 Å². The summed E-state index contributed by atoms with van der Waals surface area (Å²) in [5.41, 5.74) is 1.92. The molecule has 3 rings (SSSR count). The molecule has 2 atom stereocenters. The highest BCUT2D eigenvalue weighted by molar-refractivity contribution is 6.04. The van der Waals surface area contributed by atoms with Gasteiger partial charge in [0.25, 0.3) is 0 Å². The second-order valence-corrected chi connectivity index (χ2v) is 8.04. The first kappa shape index (κ1) is 19.1. The molecule has 1 aliphatic carbocycles. The number of amides is 3. The van der Waals surface area contributed by atoms with Crippen LogP contribution < -0.4 is 5.43 Å². The molecule has 144 valence electrons. The molecule has 2 fully saturated rings. The van der Waals surface area contributed by atoms with Crippen molar-refractivity contribution in [2.45, 2.75) is 40.0 Å². The van der Waals surface area contributed by atoms with Gasteiger partial charge in [0.1, 0.15) is 5.75 Å². The Morgan fingerprint density at radius 2 is 2.04 bits per heavy atom. The molecular formula is C20H25N3O4. The van der Waals surface area contributed by atoms with Crippen molar-refractivity contribution in [3.63, 3.8) is 0 Å². The molecule has 0 radical (unpaired) electrons. The number of fused-ring (bicyclic) bond motifs is 2. The van der Waals surface area contributed by atoms with Crippen LogP contribution in [0.15, 0.2) is 29.4 Å². The summed E-state index contributed by atoms with van der Waals surface area (Å²) in [7, 11) is 0. The summed E-state index contributed by atoms with van der Waals surface area (Å²) in [6.45, 7) is 5.94. The van der Waals surface area contributed by atoms with Crippen LogP contribution in [0.4, 0.5) is 0 Å². The molecule has 2 N–H and O–H groups in total. The van der Waals surface area contributed by atoms with Crippen LogP contribution in [0, 0.1) is 16.7 Å². The number of carbonyl (C=O) groups excluding carboxylic acids is 3. The predicted octanol–water partition coefficient (Wildman–Crippen LogP) is 2.04. The van der Waals surface area contributed by atoms with Gasteiger partial charge >= 0.3 is 0 Å². The number of benzene rings is 1. The van der Waals surface area contributed by atoms with Crippen LogP contribution in [0.25, 0.3) is 0 Å². The van der Waals surface area contributed by atoms with E-state index in [0.29, 0.717) is 18.4 Å². The van der Waals surface area contributed by atoms with E-state index in [9.17, 15) is 19.5 Å². The third kappa shape index (κ3) is 3.11. The molecule has 1 heterocycles. The highest BCUT2D eigenvalue weighted by Crippen LogP contribution is 2.59. The summed E-state index contributed by atoms with van der Waals surface area (Å²) in [5.74, 6) is -0.875. The van der Waals surface area contributed by atoms with Gasteiger partial charge in [0.15, 0.2) is 0 Å². The number of carbonyl (C=O) groups is 3. The fourth-order valence-electron chi connectivity index (χ4n) is 4.15. The van der Waals surface area contributed by atoms with Gasteiger partial charge in [0.2, 0.25) is 17.7 Å². The van der Waals surface area contributed by atoms with Crippen LogP contribution in [0.2, 0.25) is 0 Å². The van der Waals surface area contributed by atoms with E-state index in [1.54, 1.807) is 18.2 Å². The van der Waals surface area contributed by atoms with Gasteiger partial charge in [-0.25, -0.2) is 5.43 Å². The van der Waals surface area contributed by atoms with Crippen LogP contribution in [0.1, 0.15) is 45.6 Å². The lowest BCUT2D eigenvalue weighted by Crippen LogP contribution is -2.59. The Hall–Kier alpha value is -2.70. The maximum atomic E-state index is 12.9. The molecular weight excluding hydrogens is 346 g/mol. The topological polar surface area (TPSA) is 99.1 Å². The number of imide groups is 1. The van der Waals surface area contributed by atoms with E-state index < -0.39 is 11.3 Å². The third-order valence-corrected chi connectivity index (χ3v) is 6.40. The molecule has 7 heteroatoms. The van der Waals surface area contributed by atoms with Gasteiger partial charge in [-0.2, -0.15) is 5.10 Å². The lowest BCUT2D eigenvalue weighted by Gasteiger charge is -2.47. The molecule has 3 amide bonds. The van der Waals surface area contributed by atoms with E-state index in [0.717, 1.165) is 0 Å². The summed E-state index contributed by atoms with van der Waals surface area (Å²) >= 11 is 0. The van der Waals surface area contributed by atoms with Crippen molar-refractivity contribution in [1.29, 1.82) is 0 Å². The first-order chi connectivity index (χ1) is 12.7. The lowest BCUT2D eigenvalue weighted by atomic mass is 9.62. The highest BCUT2D eigenvalue weighted by atomic mass is 16.3. The standard InChI is InChI=1S/C20H25N3O4/c1-19(2)14-8-10-20(19,3)18(27)23(17(14)26)11-9-16(25)22-21-12-13-6-4-5-7-15(13)24/h4-7,12,14,24H,8-11H2,1-3H3,(H,22,25)/b21-12-/t14-,20+/m0/s1. The summed E-state index contributed by atoms with van der Waals surface area (Å²) < 4.78 is 0.